The summed E-state index contributed by atoms with van der Waals surface area (Å²) in [6.07, 6.45) is 1.45. The average molecular weight is 379 g/mol. The summed E-state index contributed by atoms with van der Waals surface area (Å²) in [4.78, 5) is 33.0. The number of aromatic nitrogens is 4. The molecule has 144 valence electrons. The molecule has 0 bridgehead atoms. The minimum atomic E-state index is -0.476. The lowest BCUT2D eigenvalue weighted by atomic mass is 10.1. The van der Waals surface area contributed by atoms with E-state index in [4.69, 9.17) is 4.74 Å². The van der Waals surface area contributed by atoms with E-state index in [0.717, 1.165) is 5.56 Å². The SMILES string of the molecule is CCOC(=O)c1cccc(-c2cccc(C(=O)N[C@H](C)c3ncnn3C)c2)n1. The number of carbonyl (C=O) groups is 2. The Hall–Kier alpha value is -3.55. The number of aryl methyl sites for hydroxylation is 1. The Kier molecular flexibility index (Phi) is 5.78. The smallest absolute Gasteiger partial charge is 0.356 e. The van der Waals surface area contributed by atoms with Crippen LogP contribution in [0.3, 0.4) is 0 Å². The molecule has 0 aliphatic rings. The largest absolute Gasteiger partial charge is 0.461 e. The number of pyridine rings is 1. The summed E-state index contributed by atoms with van der Waals surface area (Å²) in [5.41, 5.74) is 2.02. The van der Waals surface area contributed by atoms with E-state index in [9.17, 15) is 9.59 Å². The second kappa shape index (κ2) is 8.43. The maximum Gasteiger partial charge on any atom is 0.356 e. The van der Waals surface area contributed by atoms with Gasteiger partial charge in [-0.05, 0) is 38.1 Å². The Bertz CT molecular complexity index is 999. The van der Waals surface area contributed by atoms with Crippen LogP contribution in [0.25, 0.3) is 11.3 Å². The number of nitrogens with one attached hydrogen (secondary N) is 1. The van der Waals surface area contributed by atoms with Crippen molar-refractivity contribution in [2.75, 3.05) is 6.61 Å². The number of hydrogen-bond acceptors (Lipinski definition) is 6. The molecule has 3 rings (SSSR count). The summed E-state index contributed by atoms with van der Waals surface area (Å²) in [6, 6.07) is 11.9. The summed E-state index contributed by atoms with van der Waals surface area (Å²) in [5, 5.41) is 6.92. The predicted molar refractivity (Wildman–Crippen MR) is 103 cm³/mol. The number of rotatable bonds is 6. The van der Waals surface area contributed by atoms with E-state index in [1.54, 1.807) is 55.1 Å². The maximum atomic E-state index is 12.6. The number of carbonyl (C=O) groups excluding carboxylic acids is 2. The van der Waals surface area contributed by atoms with Crippen LogP contribution in [0.15, 0.2) is 48.8 Å². The number of amides is 1. The van der Waals surface area contributed by atoms with E-state index in [1.807, 2.05) is 13.0 Å². The zero-order valence-corrected chi connectivity index (χ0v) is 15.9. The molecule has 0 saturated carbocycles. The molecule has 8 nitrogen and oxygen atoms in total. The highest BCUT2D eigenvalue weighted by molar-refractivity contribution is 5.95. The van der Waals surface area contributed by atoms with Gasteiger partial charge < -0.3 is 10.1 Å². The first-order valence-electron chi connectivity index (χ1n) is 8.89. The van der Waals surface area contributed by atoms with Crippen molar-refractivity contribution < 1.29 is 14.3 Å². The van der Waals surface area contributed by atoms with E-state index in [1.165, 1.54) is 6.33 Å². The van der Waals surface area contributed by atoms with Crippen molar-refractivity contribution in [1.82, 2.24) is 25.1 Å². The summed E-state index contributed by atoms with van der Waals surface area (Å²) >= 11 is 0. The Balaban J connectivity index is 1.80. The van der Waals surface area contributed by atoms with Crippen molar-refractivity contribution in [2.45, 2.75) is 19.9 Å². The van der Waals surface area contributed by atoms with Crippen molar-refractivity contribution in [3.8, 4) is 11.3 Å². The lowest BCUT2D eigenvalue weighted by Crippen LogP contribution is -2.28. The molecule has 2 heterocycles. The third kappa shape index (κ3) is 4.22. The van der Waals surface area contributed by atoms with Gasteiger partial charge >= 0.3 is 5.97 Å². The number of nitrogens with zero attached hydrogens (tertiary/aromatic N) is 4. The minimum absolute atomic E-state index is 0.227. The van der Waals surface area contributed by atoms with E-state index in [-0.39, 0.29) is 24.2 Å². The highest BCUT2D eigenvalue weighted by Crippen LogP contribution is 2.20. The Labute approximate surface area is 162 Å². The Morgan fingerprint density at radius 2 is 2.00 bits per heavy atom. The molecule has 2 aromatic heterocycles. The molecule has 8 heteroatoms. The summed E-state index contributed by atoms with van der Waals surface area (Å²) in [5.74, 6) is -0.0528. The van der Waals surface area contributed by atoms with Gasteiger partial charge in [-0.15, -0.1) is 0 Å². The fourth-order valence-electron chi connectivity index (χ4n) is 2.78. The van der Waals surface area contributed by atoms with Gasteiger partial charge in [-0.2, -0.15) is 5.10 Å². The maximum absolute atomic E-state index is 12.6. The second-order valence-electron chi connectivity index (χ2n) is 6.15. The number of esters is 1. The summed E-state index contributed by atoms with van der Waals surface area (Å²) < 4.78 is 6.61. The highest BCUT2D eigenvalue weighted by atomic mass is 16.5. The molecule has 1 aromatic carbocycles. The molecule has 3 aromatic rings. The van der Waals surface area contributed by atoms with Gasteiger partial charge in [0.2, 0.25) is 0 Å². The van der Waals surface area contributed by atoms with Gasteiger partial charge in [-0.1, -0.05) is 18.2 Å². The lowest BCUT2D eigenvalue weighted by molar-refractivity contribution is 0.0519. The molecule has 1 N–H and O–H groups in total. The van der Waals surface area contributed by atoms with Crippen molar-refractivity contribution in [2.24, 2.45) is 7.05 Å². The van der Waals surface area contributed by atoms with Crippen LogP contribution >= 0.6 is 0 Å². The van der Waals surface area contributed by atoms with E-state index in [2.05, 4.69) is 20.4 Å². The molecule has 28 heavy (non-hydrogen) atoms. The Morgan fingerprint density at radius 3 is 2.71 bits per heavy atom. The van der Waals surface area contributed by atoms with Gasteiger partial charge in [0.15, 0.2) is 0 Å². The van der Waals surface area contributed by atoms with Gasteiger partial charge in [-0.25, -0.2) is 14.8 Å². The van der Waals surface area contributed by atoms with Gasteiger partial charge in [0.05, 0.1) is 18.3 Å². The van der Waals surface area contributed by atoms with E-state index >= 15 is 0 Å². The summed E-state index contributed by atoms with van der Waals surface area (Å²) in [7, 11) is 1.77. The van der Waals surface area contributed by atoms with Gasteiger partial charge in [-0.3, -0.25) is 9.48 Å². The molecule has 0 saturated heterocycles. The molecule has 1 amide bonds. The monoisotopic (exact) mass is 379 g/mol. The number of benzene rings is 1. The average Bonchev–Trinajstić information content (AvgIpc) is 3.14. The Morgan fingerprint density at radius 1 is 1.21 bits per heavy atom. The molecular weight excluding hydrogens is 358 g/mol. The third-order valence-corrected chi connectivity index (χ3v) is 4.14. The first-order valence-corrected chi connectivity index (χ1v) is 8.89. The van der Waals surface area contributed by atoms with E-state index in [0.29, 0.717) is 17.1 Å². The highest BCUT2D eigenvalue weighted by Gasteiger charge is 2.16. The van der Waals surface area contributed by atoms with Crippen LogP contribution in [0.2, 0.25) is 0 Å². The third-order valence-electron chi connectivity index (χ3n) is 4.14. The van der Waals surface area contributed by atoms with Gasteiger partial charge in [0.25, 0.3) is 5.91 Å². The molecule has 0 aliphatic heterocycles. The zero-order valence-electron chi connectivity index (χ0n) is 15.9. The molecule has 1 atom stereocenters. The zero-order chi connectivity index (χ0) is 20.1. The fraction of sp³-hybridized carbons (Fsp3) is 0.250. The molecule has 0 radical (unpaired) electrons. The second-order valence-corrected chi connectivity index (χ2v) is 6.15. The molecule has 0 unspecified atom stereocenters. The van der Waals surface area contributed by atoms with Crippen LogP contribution in [0.4, 0.5) is 0 Å². The lowest BCUT2D eigenvalue weighted by Gasteiger charge is -2.13. The molecule has 0 aliphatic carbocycles. The van der Waals surface area contributed by atoms with Crippen LogP contribution < -0.4 is 5.32 Å². The van der Waals surface area contributed by atoms with E-state index < -0.39 is 5.97 Å². The molecule has 0 fully saturated rings. The van der Waals surface area contributed by atoms with Crippen LogP contribution in [-0.4, -0.2) is 38.2 Å². The normalized spacial score (nSPS) is 11.7. The van der Waals surface area contributed by atoms with Crippen LogP contribution in [-0.2, 0) is 11.8 Å². The number of hydrogen-bond donors (Lipinski definition) is 1. The van der Waals surface area contributed by atoms with Gasteiger partial charge in [0, 0.05) is 18.2 Å². The summed E-state index contributed by atoms with van der Waals surface area (Å²) in [6.45, 7) is 3.87. The molecule has 0 spiro atoms. The van der Waals surface area contributed by atoms with Crippen molar-refractivity contribution in [1.29, 1.82) is 0 Å². The minimum Gasteiger partial charge on any atom is -0.461 e. The van der Waals surface area contributed by atoms with Crippen molar-refractivity contribution >= 4 is 11.9 Å². The predicted octanol–water partition coefficient (Wildman–Crippen LogP) is 2.54. The van der Waals surface area contributed by atoms with Crippen LogP contribution in [0.1, 0.15) is 46.6 Å². The quantitative estimate of drug-likeness (QED) is 0.661. The molecular formula is C20H21N5O3. The first kappa shape index (κ1) is 19.2. The standard InChI is InChI=1S/C20H21N5O3/c1-4-28-20(27)17-10-6-9-16(24-17)14-7-5-8-15(11-14)19(26)23-13(2)18-21-12-22-25(18)3/h5-13H,4H2,1-3H3,(H,23,26)/t13-/m1/s1. The van der Waals surface area contributed by atoms with Crippen molar-refractivity contribution in [3.63, 3.8) is 0 Å². The van der Waals surface area contributed by atoms with Gasteiger partial charge in [0.1, 0.15) is 17.8 Å². The van der Waals surface area contributed by atoms with Crippen molar-refractivity contribution in [3.05, 3.63) is 65.9 Å². The van der Waals surface area contributed by atoms with Crippen LogP contribution in [0.5, 0.6) is 0 Å². The topological polar surface area (TPSA) is 99.0 Å². The number of ether oxygens (including phenoxy) is 1. The fourth-order valence-corrected chi connectivity index (χ4v) is 2.78. The van der Waals surface area contributed by atoms with Crippen LogP contribution in [0, 0.1) is 0 Å². The first-order chi connectivity index (χ1) is 13.5.